The van der Waals surface area contributed by atoms with Crippen LogP contribution in [0.1, 0.15) is 21.5 Å². The second-order valence-corrected chi connectivity index (χ2v) is 7.83. The zero-order valence-electron chi connectivity index (χ0n) is 16.5. The lowest BCUT2D eigenvalue weighted by Crippen LogP contribution is -2.24. The largest absolute Gasteiger partial charge is 0.484 e. The van der Waals surface area contributed by atoms with Gasteiger partial charge in [0.25, 0.3) is 5.91 Å². The molecule has 3 rings (SSSR count). The Morgan fingerprint density at radius 3 is 2.61 bits per heavy atom. The van der Waals surface area contributed by atoms with Crippen LogP contribution >= 0.6 is 27.5 Å². The van der Waals surface area contributed by atoms with E-state index >= 15 is 0 Å². The van der Waals surface area contributed by atoms with Crippen LogP contribution in [0, 0.1) is 6.92 Å². The average molecular weight is 502 g/mol. The molecule has 0 aliphatic carbocycles. The lowest BCUT2D eigenvalue weighted by atomic mass is 10.2. The van der Waals surface area contributed by atoms with Crippen LogP contribution in [0.15, 0.2) is 76.3 Å². The van der Waals surface area contributed by atoms with Gasteiger partial charge in [0.1, 0.15) is 11.5 Å². The molecule has 6 nitrogen and oxygen atoms in total. The Morgan fingerprint density at radius 2 is 1.87 bits per heavy atom. The van der Waals surface area contributed by atoms with E-state index < -0.39 is 11.9 Å². The zero-order valence-corrected chi connectivity index (χ0v) is 18.8. The van der Waals surface area contributed by atoms with Crippen molar-refractivity contribution < 1.29 is 19.1 Å². The molecule has 3 aromatic rings. The molecule has 1 amide bonds. The maximum absolute atomic E-state index is 12.4. The van der Waals surface area contributed by atoms with Gasteiger partial charge in [-0.15, -0.1) is 0 Å². The first-order valence-corrected chi connectivity index (χ1v) is 10.4. The number of benzene rings is 3. The van der Waals surface area contributed by atoms with Gasteiger partial charge in [0, 0.05) is 15.1 Å². The maximum atomic E-state index is 12.4. The van der Waals surface area contributed by atoms with Gasteiger partial charge in [-0.25, -0.2) is 10.2 Å². The number of hydrogen-bond acceptors (Lipinski definition) is 5. The molecule has 1 N–H and O–H groups in total. The van der Waals surface area contributed by atoms with Gasteiger partial charge < -0.3 is 9.47 Å². The molecule has 0 heterocycles. The van der Waals surface area contributed by atoms with Gasteiger partial charge in [-0.2, -0.15) is 5.10 Å². The van der Waals surface area contributed by atoms with Crippen molar-refractivity contribution in [2.45, 2.75) is 6.92 Å². The van der Waals surface area contributed by atoms with E-state index in [9.17, 15) is 9.59 Å². The van der Waals surface area contributed by atoms with Crippen molar-refractivity contribution in [2.24, 2.45) is 5.10 Å². The van der Waals surface area contributed by atoms with Crippen molar-refractivity contribution in [1.29, 1.82) is 0 Å². The minimum Gasteiger partial charge on any atom is -0.484 e. The molecule has 0 spiro atoms. The van der Waals surface area contributed by atoms with Crippen molar-refractivity contribution in [3.8, 4) is 11.5 Å². The number of hydrogen-bond donors (Lipinski definition) is 1. The van der Waals surface area contributed by atoms with Crippen LogP contribution in [-0.4, -0.2) is 24.7 Å². The number of halogens is 2. The molecule has 0 aromatic heterocycles. The molecule has 0 bridgehead atoms. The molecular weight excluding hydrogens is 484 g/mol. The number of carbonyl (C=O) groups excluding carboxylic acids is 2. The van der Waals surface area contributed by atoms with Crippen molar-refractivity contribution in [3.05, 3.63) is 92.9 Å². The van der Waals surface area contributed by atoms with Gasteiger partial charge in [0.05, 0.1) is 11.8 Å². The Hall–Kier alpha value is -3.16. The SMILES string of the molecule is Cc1cccc(OCC(=O)N/N=C\c2cc(Br)ccc2OC(=O)c2ccc(Cl)cc2)c1. The summed E-state index contributed by atoms with van der Waals surface area (Å²) < 4.78 is 11.7. The van der Waals surface area contributed by atoms with E-state index in [2.05, 4.69) is 26.5 Å². The predicted octanol–water partition coefficient (Wildman–Crippen LogP) is 5.16. The standard InChI is InChI=1S/C23H18BrClN2O4/c1-15-3-2-4-20(11-15)30-14-22(28)27-26-13-17-12-18(24)7-10-21(17)31-23(29)16-5-8-19(25)9-6-16/h2-13H,14H2,1H3,(H,27,28)/b26-13-. The second kappa shape index (κ2) is 10.7. The van der Waals surface area contributed by atoms with E-state index in [0.29, 0.717) is 21.9 Å². The molecule has 0 saturated carbocycles. The third kappa shape index (κ3) is 6.94. The Balaban J connectivity index is 1.61. The molecule has 0 saturated heterocycles. The average Bonchev–Trinajstić information content (AvgIpc) is 2.74. The number of aryl methyl sites for hydroxylation is 1. The van der Waals surface area contributed by atoms with Gasteiger partial charge in [-0.3, -0.25) is 4.79 Å². The summed E-state index contributed by atoms with van der Waals surface area (Å²) in [5.74, 6) is -0.0728. The van der Waals surface area contributed by atoms with Crippen LogP contribution in [0.5, 0.6) is 11.5 Å². The summed E-state index contributed by atoms with van der Waals surface area (Å²) in [5.41, 5.74) is 4.28. The first kappa shape index (κ1) is 22.5. The number of rotatable bonds is 7. The summed E-state index contributed by atoms with van der Waals surface area (Å²) in [5, 5.41) is 4.45. The van der Waals surface area contributed by atoms with E-state index in [0.717, 1.165) is 10.0 Å². The molecule has 0 aliphatic heterocycles. The third-order valence-corrected chi connectivity index (χ3v) is 4.75. The molecule has 0 unspecified atom stereocenters. The summed E-state index contributed by atoms with van der Waals surface area (Å²) in [6, 6.07) is 18.8. The quantitative estimate of drug-likeness (QED) is 0.210. The summed E-state index contributed by atoms with van der Waals surface area (Å²) in [6.45, 7) is 1.75. The molecule has 31 heavy (non-hydrogen) atoms. The Morgan fingerprint density at radius 1 is 1.10 bits per heavy atom. The molecule has 3 aromatic carbocycles. The van der Waals surface area contributed by atoms with Gasteiger partial charge in [-0.1, -0.05) is 39.7 Å². The van der Waals surface area contributed by atoms with Crippen molar-refractivity contribution in [3.63, 3.8) is 0 Å². The van der Waals surface area contributed by atoms with Crippen LogP contribution in [0.3, 0.4) is 0 Å². The normalized spacial score (nSPS) is 10.7. The van der Waals surface area contributed by atoms with Crippen LogP contribution in [0.2, 0.25) is 5.02 Å². The fourth-order valence-electron chi connectivity index (χ4n) is 2.52. The third-order valence-electron chi connectivity index (χ3n) is 4.01. The van der Waals surface area contributed by atoms with Crippen molar-refractivity contribution in [2.75, 3.05) is 6.61 Å². The minimum absolute atomic E-state index is 0.183. The van der Waals surface area contributed by atoms with Gasteiger partial charge >= 0.3 is 5.97 Å². The summed E-state index contributed by atoms with van der Waals surface area (Å²) in [4.78, 5) is 24.4. The molecule has 158 valence electrons. The maximum Gasteiger partial charge on any atom is 0.343 e. The topological polar surface area (TPSA) is 77.0 Å². The van der Waals surface area contributed by atoms with E-state index in [1.54, 1.807) is 48.5 Å². The summed E-state index contributed by atoms with van der Waals surface area (Å²) >= 11 is 9.22. The number of nitrogens with zero attached hydrogens (tertiary/aromatic N) is 1. The van der Waals surface area contributed by atoms with E-state index in [-0.39, 0.29) is 12.4 Å². The van der Waals surface area contributed by atoms with Crippen LogP contribution in [0.25, 0.3) is 0 Å². The van der Waals surface area contributed by atoms with Crippen molar-refractivity contribution >= 4 is 45.6 Å². The number of hydrazone groups is 1. The van der Waals surface area contributed by atoms with Gasteiger partial charge in [-0.05, 0) is 67.1 Å². The number of amides is 1. The number of carbonyl (C=O) groups is 2. The smallest absolute Gasteiger partial charge is 0.343 e. The molecule has 8 heteroatoms. The molecular formula is C23H18BrClN2O4. The predicted molar refractivity (Wildman–Crippen MR) is 123 cm³/mol. The second-order valence-electron chi connectivity index (χ2n) is 6.48. The lowest BCUT2D eigenvalue weighted by molar-refractivity contribution is -0.123. The van der Waals surface area contributed by atoms with E-state index in [1.165, 1.54) is 6.21 Å². The van der Waals surface area contributed by atoms with Crippen molar-refractivity contribution in [1.82, 2.24) is 5.43 Å². The number of esters is 1. The fourth-order valence-corrected chi connectivity index (χ4v) is 3.02. The molecule has 0 atom stereocenters. The monoisotopic (exact) mass is 500 g/mol. The number of ether oxygens (including phenoxy) is 2. The highest BCUT2D eigenvalue weighted by molar-refractivity contribution is 9.10. The van der Waals surface area contributed by atoms with E-state index in [4.69, 9.17) is 21.1 Å². The Bertz CT molecular complexity index is 1120. The highest BCUT2D eigenvalue weighted by atomic mass is 79.9. The first-order valence-electron chi connectivity index (χ1n) is 9.19. The summed E-state index contributed by atoms with van der Waals surface area (Å²) in [7, 11) is 0. The number of nitrogens with one attached hydrogen (secondary N) is 1. The van der Waals surface area contributed by atoms with E-state index in [1.807, 2.05) is 25.1 Å². The zero-order chi connectivity index (χ0) is 22.2. The summed E-state index contributed by atoms with van der Waals surface area (Å²) in [6.07, 6.45) is 1.39. The highest BCUT2D eigenvalue weighted by Gasteiger charge is 2.12. The highest BCUT2D eigenvalue weighted by Crippen LogP contribution is 2.23. The molecule has 0 radical (unpaired) electrons. The van der Waals surface area contributed by atoms with Gasteiger partial charge in [0.15, 0.2) is 6.61 Å². The lowest BCUT2D eigenvalue weighted by Gasteiger charge is -2.08. The Kier molecular flexibility index (Phi) is 7.81. The fraction of sp³-hybridized carbons (Fsp3) is 0.0870. The Labute approximate surface area is 193 Å². The molecule has 0 fully saturated rings. The first-order chi connectivity index (χ1) is 14.9. The van der Waals surface area contributed by atoms with Crippen LogP contribution < -0.4 is 14.9 Å². The minimum atomic E-state index is -0.538. The molecule has 0 aliphatic rings. The van der Waals surface area contributed by atoms with Crippen LogP contribution in [0.4, 0.5) is 0 Å². The van der Waals surface area contributed by atoms with Crippen LogP contribution in [-0.2, 0) is 4.79 Å². The van der Waals surface area contributed by atoms with Gasteiger partial charge in [0.2, 0.25) is 0 Å².